The summed E-state index contributed by atoms with van der Waals surface area (Å²) in [7, 11) is 0. The van der Waals surface area contributed by atoms with Crippen molar-refractivity contribution in [1.82, 2.24) is 0 Å². The van der Waals surface area contributed by atoms with Gasteiger partial charge in [-0.05, 0) is 51.4 Å². The van der Waals surface area contributed by atoms with Crippen molar-refractivity contribution in [2.24, 2.45) is 0 Å². The molecule has 0 saturated heterocycles. The van der Waals surface area contributed by atoms with Crippen molar-refractivity contribution >= 4 is 11.9 Å². The molecule has 1 unspecified atom stereocenters. The highest BCUT2D eigenvalue weighted by molar-refractivity contribution is 5.70. The Hall–Kier alpha value is -1.88. The maximum atomic E-state index is 12.2. The molecule has 0 spiro atoms. The number of aliphatic hydroxyl groups is 1. The van der Waals surface area contributed by atoms with Gasteiger partial charge in [-0.15, -0.1) is 0 Å². The second kappa shape index (κ2) is 44.5. The first-order chi connectivity index (χ1) is 26.1. The molecule has 0 aliphatic heterocycles. The van der Waals surface area contributed by atoms with Crippen molar-refractivity contribution in [3.8, 4) is 0 Å². The van der Waals surface area contributed by atoms with Gasteiger partial charge in [-0.3, -0.25) is 9.59 Å². The number of aliphatic hydroxyl groups excluding tert-OH is 1. The van der Waals surface area contributed by atoms with E-state index in [9.17, 15) is 14.7 Å². The molecule has 1 N–H and O–H groups in total. The number of carbonyl (C=O) groups is 2. The van der Waals surface area contributed by atoms with E-state index in [0.29, 0.717) is 12.8 Å². The highest BCUT2D eigenvalue weighted by Gasteiger charge is 2.16. The monoisotopic (exact) mass is 745 g/mol. The second-order valence-corrected chi connectivity index (χ2v) is 15.5. The van der Waals surface area contributed by atoms with Crippen LogP contribution in [0.5, 0.6) is 0 Å². The third-order valence-electron chi connectivity index (χ3n) is 10.2. The van der Waals surface area contributed by atoms with E-state index in [4.69, 9.17) is 9.47 Å². The number of hydrogen-bond acceptors (Lipinski definition) is 5. The van der Waals surface area contributed by atoms with Crippen molar-refractivity contribution in [2.75, 3.05) is 13.2 Å². The summed E-state index contributed by atoms with van der Waals surface area (Å²) in [5.74, 6) is -0.588. The molecule has 5 heteroatoms. The van der Waals surface area contributed by atoms with Crippen LogP contribution in [-0.4, -0.2) is 36.4 Å². The van der Waals surface area contributed by atoms with E-state index in [1.165, 1.54) is 161 Å². The van der Waals surface area contributed by atoms with Gasteiger partial charge in [0.25, 0.3) is 0 Å². The first kappa shape index (κ1) is 51.1. The molecule has 0 aromatic rings. The normalized spacial score (nSPS) is 12.4. The third kappa shape index (κ3) is 42.7. The first-order valence-corrected chi connectivity index (χ1v) is 23.0. The Labute approximate surface area is 329 Å². The molecular weight excluding hydrogens is 657 g/mol. The average molecular weight is 745 g/mol. The summed E-state index contributed by atoms with van der Waals surface area (Å²) in [5, 5.41) is 9.54. The molecule has 53 heavy (non-hydrogen) atoms. The molecule has 0 fully saturated rings. The van der Waals surface area contributed by atoms with Gasteiger partial charge >= 0.3 is 11.9 Å². The van der Waals surface area contributed by atoms with E-state index in [1.807, 2.05) is 0 Å². The molecule has 1 atom stereocenters. The van der Waals surface area contributed by atoms with E-state index < -0.39 is 6.10 Å². The van der Waals surface area contributed by atoms with Crippen LogP contribution in [0.1, 0.15) is 239 Å². The largest absolute Gasteiger partial charge is 0.462 e. The van der Waals surface area contributed by atoms with Crippen molar-refractivity contribution in [3.63, 3.8) is 0 Å². The Morgan fingerprint density at radius 2 is 0.755 bits per heavy atom. The lowest BCUT2D eigenvalue weighted by atomic mass is 10.0. The summed E-state index contributed by atoms with van der Waals surface area (Å²) in [5.41, 5.74) is 0. The van der Waals surface area contributed by atoms with Crippen LogP contribution in [0.15, 0.2) is 36.5 Å². The van der Waals surface area contributed by atoms with Crippen LogP contribution in [-0.2, 0) is 19.1 Å². The molecule has 0 aromatic carbocycles. The van der Waals surface area contributed by atoms with Gasteiger partial charge in [0, 0.05) is 12.8 Å². The van der Waals surface area contributed by atoms with E-state index in [-0.39, 0.29) is 25.2 Å². The Kier molecular flexibility index (Phi) is 42.9. The zero-order chi connectivity index (χ0) is 38.6. The molecule has 0 amide bonds. The van der Waals surface area contributed by atoms with E-state index in [0.717, 1.165) is 51.4 Å². The highest BCUT2D eigenvalue weighted by Crippen LogP contribution is 2.15. The molecule has 0 heterocycles. The van der Waals surface area contributed by atoms with Crippen molar-refractivity contribution in [1.29, 1.82) is 0 Å². The lowest BCUT2D eigenvalue weighted by Gasteiger charge is -2.15. The van der Waals surface area contributed by atoms with Gasteiger partial charge in [-0.1, -0.05) is 211 Å². The quantitative estimate of drug-likeness (QED) is 0.0383. The number of allylic oxidation sites excluding steroid dienone is 6. The SMILES string of the molecule is CCCCCCC/C=C\C/C=C\C/C=C\CCCCCCCCCCCCCCCCCCC(=O)OC(CO)COC(=O)CCCCCCCCCC. The van der Waals surface area contributed by atoms with E-state index >= 15 is 0 Å². The molecular formula is C48H88O5. The predicted molar refractivity (Wildman–Crippen MR) is 228 cm³/mol. The van der Waals surface area contributed by atoms with Gasteiger partial charge in [0.15, 0.2) is 6.10 Å². The first-order valence-electron chi connectivity index (χ1n) is 23.0. The summed E-state index contributed by atoms with van der Waals surface area (Å²) < 4.78 is 10.6. The van der Waals surface area contributed by atoms with Crippen LogP contribution in [0.3, 0.4) is 0 Å². The summed E-state index contributed by atoms with van der Waals surface area (Å²) >= 11 is 0. The predicted octanol–water partition coefficient (Wildman–Crippen LogP) is 14.8. The van der Waals surface area contributed by atoms with Gasteiger partial charge in [0.2, 0.25) is 0 Å². The highest BCUT2D eigenvalue weighted by atomic mass is 16.6. The number of unbranched alkanes of at least 4 members (excludes halogenated alkanes) is 28. The van der Waals surface area contributed by atoms with Gasteiger partial charge in [-0.25, -0.2) is 0 Å². The molecule has 0 aliphatic rings. The van der Waals surface area contributed by atoms with E-state index in [1.54, 1.807) is 0 Å². The van der Waals surface area contributed by atoms with Crippen molar-refractivity contribution < 1.29 is 24.2 Å². The van der Waals surface area contributed by atoms with E-state index in [2.05, 4.69) is 50.3 Å². The van der Waals surface area contributed by atoms with Crippen molar-refractivity contribution in [3.05, 3.63) is 36.5 Å². The molecule has 0 aliphatic carbocycles. The lowest BCUT2D eigenvalue weighted by molar-refractivity contribution is -0.161. The van der Waals surface area contributed by atoms with Crippen molar-refractivity contribution in [2.45, 2.75) is 245 Å². The number of carbonyl (C=O) groups excluding carboxylic acids is 2. The lowest BCUT2D eigenvalue weighted by Crippen LogP contribution is -2.28. The smallest absolute Gasteiger partial charge is 0.306 e. The summed E-state index contributed by atoms with van der Waals surface area (Å²) in [6.45, 7) is 4.10. The number of esters is 2. The topological polar surface area (TPSA) is 72.8 Å². The number of rotatable bonds is 42. The molecule has 5 nitrogen and oxygen atoms in total. The molecule has 0 saturated carbocycles. The Bertz CT molecular complexity index is 847. The number of ether oxygens (including phenoxy) is 2. The second-order valence-electron chi connectivity index (χ2n) is 15.5. The van der Waals surface area contributed by atoms with Gasteiger partial charge in [0.05, 0.1) is 6.61 Å². The van der Waals surface area contributed by atoms with Gasteiger partial charge < -0.3 is 14.6 Å². The molecule has 0 radical (unpaired) electrons. The standard InChI is InChI=1S/C48H88O5/c1-3-5-7-9-11-13-14-15-16-17-18-19-20-21-22-23-24-25-26-27-28-29-30-31-32-33-34-35-37-39-41-43-48(51)53-46(44-49)45-52-47(50)42-40-38-36-12-10-8-6-4-2/h14-15,17-18,20-21,46,49H,3-13,16,19,22-45H2,1-2H3/b15-14-,18-17-,21-20-. The van der Waals surface area contributed by atoms with Crippen LogP contribution >= 0.6 is 0 Å². The third-order valence-corrected chi connectivity index (χ3v) is 10.2. The zero-order valence-corrected chi connectivity index (χ0v) is 35.3. The van der Waals surface area contributed by atoms with Gasteiger partial charge in [-0.2, -0.15) is 0 Å². The Morgan fingerprint density at radius 1 is 0.434 bits per heavy atom. The summed E-state index contributed by atoms with van der Waals surface area (Å²) in [6, 6.07) is 0. The van der Waals surface area contributed by atoms with Crippen LogP contribution in [0.2, 0.25) is 0 Å². The maximum Gasteiger partial charge on any atom is 0.306 e. The maximum absolute atomic E-state index is 12.2. The summed E-state index contributed by atoms with van der Waals surface area (Å²) in [6.07, 6.45) is 55.4. The minimum Gasteiger partial charge on any atom is -0.462 e. The fraction of sp³-hybridized carbons (Fsp3) is 0.833. The zero-order valence-electron chi connectivity index (χ0n) is 35.3. The Balaban J connectivity index is 3.42. The van der Waals surface area contributed by atoms with Crippen LogP contribution in [0.25, 0.3) is 0 Å². The fourth-order valence-corrected chi connectivity index (χ4v) is 6.68. The molecule has 310 valence electrons. The molecule has 0 aromatic heterocycles. The minimum absolute atomic E-state index is 0.0622. The van der Waals surface area contributed by atoms with Crippen LogP contribution in [0, 0.1) is 0 Å². The summed E-state index contributed by atoms with van der Waals surface area (Å²) in [4.78, 5) is 24.2. The Morgan fingerprint density at radius 3 is 1.13 bits per heavy atom. The minimum atomic E-state index is -0.765. The molecule has 0 bridgehead atoms. The number of hydrogen-bond donors (Lipinski definition) is 1. The molecule has 0 rings (SSSR count). The average Bonchev–Trinajstić information content (AvgIpc) is 3.16. The fourth-order valence-electron chi connectivity index (χ4n) is 6.68. The van der Waals surface area contributed by atoms with Crippen LogP contribution in [0.4, 0.5) is 0 Å². The van der Waals surface area contributed by atoms with Gasteiger partial charge in [0.1, 0.15) is 6.61 Å². The van der Waals surface area contributed by atoms with Crippen LogP contribution < -0.4 is 0 Å².